The zero-order valence-electron chi connectivity index (χ0n) is 10.5. The lowest BCUT2D eigenvalue weighted by atomic mass is 9.87. The van der Waals surface area contributed by atoms with Gasteiger partial charge in [-0.1, -0.05) is 35.9 Å². The van der Waals surface area contributed by atoms with Gasteiger partial charge in [0.2, 0.25) is 0 Å². The quantitative estimate of drug-likeness (QED) is 0.681. The van der Waals surface area contributed by atoms with Crippen LogP contribution in [-0.2, 0) is 6.42 Å². The molecule has 0 aromatic heterocycles. The standard InChI is InChI=1S/C16H15ClIN/c17-12-8-9-16(14(18)10-12)19-15-7-3-5-11-4-1-2-6-13(11)15/h1-2,4,6,8-10,15,19H,3,5,7H2. The number of anilines is 1. The first-order chi connectivity index (χ1) is 9.24. The Morgan fingerprint density at radius 2 is 2.00 bits per heavy atom. The van der Waals surface area contributed by atoms with Crippen molar-refractivity contribution in [3.63, 3.8) is 0 Å². The summed E-state index contributed by atoms with van der Waals surface area (Å²) >= 11 is 8.34. The van der Waals surface area contributed by atoms with E-state index in [1.807, 2.05) is 12.1 Å². The molecule has 0 aliphatic heterocycles. The van der Waals surface area contributed by atoms with Crippen LogP contribution in [0.1, 0.15) is 30.0 Å². The third kappa shape index (κ3) is 2.90. The number of benzene rings is 2. The molecule has 1 aliphatic carbocycles. The molecule has 0 fully saturated rings. The Morgan fingerprint density at radius 3 is 2.84 bits per heavy atom. The molecule has 0 saturated carbocycles. The van der Waals surface area contributed by atoms with Gasteiger partial charge in [-0.05, 0) is 71.2 Å². The van der Waals surface area contributed by atoms with Crippen LogP contribution in [-0.4, -0.2) is 0 Å². The predicted octanol–water partition coefficient (Wildman–Crippen LogP) is 5.43. The average molecular weight is 384 g/mol. The minimum absolute atomic E-state index is 0.416. The molecule has 1 N–H and O–H groups in total. The van der Waals surface area contributed by atoms with Crippen LogP contribution in [0.25, 0.3) is 0 Å². The Hall–Kier alpha value is -0.740. The van der Waals surface area contributed by atoms with E-state index in [2.05, 4.69) is 58.2 Å². The van der Waals surface area contributed by atoms with E-state index < -0.39 is 0 Å². The van der Waals surface area contributed by atoms with Crippen LogP contribution in [0, 0.1) is 3.57 Å². The van der Waals surface area contributed by atoms with E-state index in [1.165, 1.54) is 39.6 Å². The largest absolute Gasteiger partial charge is 0.377 e. The molecule has 3 heteroatoms. The van der Waals surface area contributed by atoms with Gasteiger partial charge in [-0.25, -0.2) is 0 Å². The van der Waals surface area contributed by atoms with Gasteiger partial charge in [0.25, 0.3) is 0 Å². The number of aryl methyl sites for hydroxylation is 1. The second kappa shape index (κ2) is 5.71. The van der Waals surface area contributed by atoms with Crippen LogP contribution >= 0.6 is 34.2 Å². The van der Waals surface area contributed by atoms with E-state index in [0.717, 1.165) is 5.02 Å². The Balaban J connectivity index is 1.88. The predicted molar refractivity (Wildman–Crippen MR) is 89.9 cm³/mol. The first-order valence-electron chi connectivity index (χ1n) is 6.53. The molecule has 0 bridgehead atoms. The maximum absolute atomic E-state index is 6.01. The molecule has 19 heavy (non-hydrogen) atoms. The molecule has 0 heterocycles. The maximum atomic E-state index is 6.01. The summed E-state index contributed by atoms with van der Waals surface area (Å²) in [5.41, 5.74) is 4.10. The van der Waals surface area contributed by atoms with E-state index in [1.54, 1.807) is 0 Å². The fourth-order valence-electron chi connectivity index (χ4n) is 2.70. The first kappa shape index (κ1) is 13.3. The summed E-state index contributed by atoms with van der Waals surface area (Å²) in [5, 5.41) is 4.46. The van der Waals surface area contributed by atoms with Crippen LogP contribution in [0.5, 0.6) is 0 Å². The van der Waals surface area contributed by atoms with E-state index in [0.29, 0.717) is 6.04 Å². The van der Waals surface area contributed by atoms with Crippen molar-refractivity contribution >= 4 is 39.9 Å². The molecule has 1 unspecified atom stereocenters. The van der Waals surface area contributed by atoms with E-state index in [-0.39, 0.29) is 0 Å². The molecule has 2 aromatic rings. The van der Waals surface area contributed by atoms with Gasteiger partial charge in [0.15, 0.2) is 0 Å². The van der Waals surface area contributed by atoms with Crippen molar-refractivity contribution in [2.75, 3.05) is 5.32 Å². The first-order valence-corrected chi connectivity index (χ1v) is 7.99. The Morgan fingerprint density at radius 1 is 1.16 bits per heavy atom. The topological polar surface area (TPSA) is 12.0 Å². The van der Waals surface area contributed by atoms with Crippen LogP contribution in [0.3, 0.4) is 0 Å². The summed E-state index contributed by atoms with van der Waals surface area (Å²) in [6, 6.07) is 15.2. The number of rotatable bonds is 2. The Labute approximate surface area is 132 Å². The molecular formula is C16H15ClIN. The SMILES string of the molecule is Clc1ccc(NC2CCCc3ccccc32)c(I)c1. The molecule has 2 aromatic carbocycles. The third-order valence-electron chi connectivity index (χ3n) is 3.63. The molecule has 1 nitrogen and oxygen atoms in total. The second-order valence-corrected chi connectivity index (χ2v) is 6.51. The molecule has 1 atom stereocenters. The van der Waals surface area contributed by atoms with Gasteiger partial charge in [-0.15, -0.1) is 0 Å². The normalized spacial score (nSPS) is 17.9. The molecule has 98 valence electrons. The van der Waals surface area contributed by atoms with Crippen molar-refractivity contribution in [3.05, 3.63) is 62.2 Å². The summed E-state index contributed by atoms with van der Waals surface area (Å²) < 4.78 is 1.17. The fourth-order valence-corrected chi connectivity index (χ4v) is 3.73. The van der Waals surface area contributed by atoms with E-state index in [4.69, 9.17) is 11.6 Å². The number of halogens is 2. The highest BCUT2D eigenvalue weighted by atomic mass is 127. The van der Waals surface area contributed by atoms with Crippen LogP contribution in [0.4, 0.5) is 5.69 Å². The van der Waals surface area contributed by atoms with E-state index >= 15 is 0 Å². The summed E-state index contributed by atoms with van der Waals surface area (Å²) in [7, 11) is 0. The van der Waals surface area contributed by atoms with Crippen molar-refractivity contribution in [1.29, 1.82) is 0 Å². The number of hydrogen-bond acceptors (Lipinski definition) is 1. The summed E-state index contributed by atoms with van der Waals surface area (Å²) in [4.78, 5) is 0. The zero-order valence-corrected chi connectivity index (χ0v) is 13.4. The molecule has 3 rings (SSSR count). The van der Waals surface area contributed by atoms with Gasteiger partial charge in [-0.3, -0.25) is 0 Å². The molecule has 1 aliphatic rings. The van der Waals surface area contributed by atoms with Gasteiger partial charge < -0.3 is 5.32 Å². The van der Waals surface area contributed by atoms with Crippen LogP contribution < -0.4 is 5.32 Å². The molecule has 0 radical (unpaired) electrons. The molecule has 0 spiro atoms. The van der Waals surface area contributed by atoms with Gasteiger partial charge in [0, 0.05) is 14.3 Å². The highest BCUT2D eigenvalue weighted by molar-refractivity contribution is 14.1. The minimum atomic E-state index is 0.416. The second-order valence-electron chi connectivity index (χ2n) is 4.91. The summed E-state index contributed by atoms with van der Waals surface area (Å²) in [6.45, 7) is 0. The lowest BCUT2D eigenvalue weighted by Crippen LogP contribution is -2.17. The summed E-state index contributed by atoms with van der Waals surface area (Å²) in [5.74, 6) is 0. The number of nitrogens with one attached hydrogen (secondary N) is 1. The van der Waals surface area contributed by atoms with Gasteiger partial charge >= 0.3 is 0 Å². The van der Waals surface area contributed by atoms with Crippen molar-refractivity contribution < 1.29 is 0 Å². The Kier molecular flexibility index (Phi) is 3.99. The van der Waals surface area contributed by atoms with Crippen molar-refractivity contribution in [2.45, 2.75) is 25.3 Å². The monoisotopic (exact) mass is 383 g/mol. The highest BCUT2D eigenvalue weighted by Gasteiger charge is 2.19. The van der Waals surface area contributed by atoms with Gasteiger partial charge in [0.05, 0.1) is 6.04 Å². The average Bonchev–Trinajstić information content (AvgIpc) is 2.42. The minimum Gasteiger partial charge on any atom is -0.377 e. The van der Waals surface area contributed by atoms with Gasteiger partial charge in [0.1, 0.15) is 0 Å². The Bertz CT molecular complexity index is 597. The lowest BCUT2D eigenvalue weighted by molar-refractivity contribution is 0.600. The molecule has 0 saturated heterocycles. The fraction of sp³-hybridized carbons (Fsp3) is 0.250. The van der Waals surface area contributed by atoms with Crippen LogP contribution in [0.2, 0.25) is 5.02 Å². The maximum Gasteiger partial charge on any atom is 0.0517 e. The highest BCUT2D eigenvalue weighted by Crippen LogP contribution is 2.34. The smallest absolute Gasteiger partial charge is 0.0517 e. The van der Waals surface area contributed by atoms with Crippen molar-refractivity contribution in [2.24, 2.45) is 0 Å². The van der Waals surface area contributed by atoms with Crippen LogP contribution in [0.15, 0.2) is 42.5 Å². The molecule has 0 amide bonds. The van der Waals surface area contributed by atoms with E-state index in [9.17, 15) is 0 Å². The summed E-state index contributed by atoms with van der Waals surface area (Å²) in [6.07, 6.45) is 3.64. The van der Waals surface area contributed by atoms with Crippen molar-refractivity contribution in [3.8, 4) is 0 Å². The lowest BCUT2D eigenvalue weighted by Gasteiger charge is -2.27. The number of hydrogen-bond donors (Lipinski definition) is 1. The number of fused-ring (bicyclic) bond motifs is 1. The zero-order chi connectivity index (χ0) is 13.2. The van der Waals surface area contributed by atoms with Gasteiger partial charge in [-0.2, -0.15) is 0 Å². The van der Waals surface area contributed by atoms with Crippen molar-refractivity contribution in [1.82, 2.24) is 0 Å². The third-order valence-corrected chi connectivity index (χ3v) is 4.76. The molecular weight excluding hydrogens is 369 g/mol.